The molecule has 0 saturated heterocycles. The van der Waals surface area contributed by atoms with Gasteiger partial charge < -0.3 is 16.4 Å². The highest BCUT2D eigenvalue weighted by Crippen LogP contribution is 2.19. The van der Waals surface area contributed by atoms with Crippen LogP contribution >= 0.6 is 0 Å². The second-order valence-electron chi connectivity index (χ2n) is 7.05. The van der Waals surface area contributed by atoms with Gasteiger partial charge in [-0.2, -0.15) is 5.10 Å². The molecule has 0 aliphatic heterocycles. The van der Waals surface area contributed by atoms with Crippen molar-refractivity contribution in [3.63, 3.8) is 0 Å². The highest BCUT2D eigenvalue weighted by Gasteiger charge is 2.20. The minimum absolute atomic E-state index is 0.0996. The molecule has 1 aliphatic carbocycles. The molecule has 4 rings (SSSR count). The molecule has 7 nitrogen and oxygen atoms in total. The Morgan fingerprint density at radius 2 is 2.07 bits per heavy atom. The summed E-state index contributed by atoms with van der Waals surface area (Å²) in [6.45, 7) is 0.603. The van der Waals surface area contributed by atoms with Crippen molar-refractivity contribution in [2.24, 2.45) is 0 Å². The Bertz CT molecular complexity index is 945. The number of nitrogens with two attached hydrogens (primary N) is 1. The molecule has 3 aromatic rings. The Morgan fingerprint density at radius 3 is 2.89 bits per heavy atom. The molecule has 0 radical (unpaired) electrons. The number of hydrogen-bond acceptors (Lipinski definition) is 5. The fourth-order valence-corrected chi connectivity index (χ4v) is 3.53. The lowest BCUT2D eigenvalue weighted by Gasteiger charge is -2.22. The van der Waals surface area contributed by atoms with Crippen LogP contribution in [0.2, 0.25) is 0 Å². The SMILES string of the molecule is Nc1cccc(CNc2ccn3ncc(C(=O)NC4CCCCC4)c3n2)c1. The minimum atomic E-state index is -0.0996. The van der Waals surface area contributed by atoms with Crippen molar-refractivity contribution in [3.8, 4) is 0 Å². The Labute approximate surface area is 158 Å². The van der Waals surface area contributed by atoms with Gasteiger partial charge in [0, 0.05) is 24.5 Å². The number of amides is 1. The molecule has 4 N–H and O–H groups in total. The number of nitrogen functional groups attached to an aromatic ring is 1. The van der Waals surface area contributed by atoms with Gasteiger partial charge in [-0.1, -0.05) is 31.4 Å². The van der Waals surface area contributed by atoms with E-state index in [9.17, 15) is 4.79 Å². The van der Waals surface area contributed by atoms with Crippen molar-refractivity contribution >= 4 is 23.1 Å². The maximum Gasteiger partial charge on any atom is 0.256 e. The van der Waals surface area contributed by atoms with E-state index >= 15 is 0 Å². The van der Waals surface area contributed by atoms with E-state index in [-0.39, 0.29) is 11.9 Å². The normalized spacial score (nSPS) is 15.0. The van der Waals surface area contributed by atoms with E-state index in [1.165, 1.54) is 19.3 Å². The van der Waals surface area contributed by atoms with E-state index in [1.54, 1.807) is 16.9 Å². The fraction of sp³-hybridized carbons (Fsp3) is 0.350. The zero-order valence-electron chi connectivity index (χ0n) is 15.2. The van der Waals surface area contributed by atoms with Crippen LogP contribution in [0.3, 0.4) is 0 Å². The summed E-state index contributed by atoms with van der Waals surface area (Å²) in [7, 11) is 0. The van der Waals surface area contributed by atoms with E-state index < -0.39 is 0 Å². The average Bonchev–Trinajstić information content (AvgIpc) is 3.10. The molecular formula is C20H24N6O. The van der Waals surface area contributed by atoms with E-state index in [0.29, 0.717) is 23.6 Å². The monoisotopic (exact) mass is 364 g/mol. The standard InChI is InChI=1S/C20H24N6O/c21-15-6-4-5-14(11-15)12-22-18-9-10-26-19(25-18)17(13-23-26)20(27)24-16-7-2-1-3-8-16/h4-6,9-11,13,16H,1-3,7-8,12,21H2,(H,22,25)(H,24,27). The molecular weight excluding hydrogens is 340 g/mol. The Morgan fingerprint density at radius 1 is 1.22 bits per heavy atom. The number of carbonyl (C=O) groups excluding carboxylic acids is 1. The smallest absolute Gasteiger partial charge is 0.256 e. The van der Waals surface area contributed by atoms with Crippen molar-refractivity contribution in [1.29, 1.82) is 0 Å². The third-order valence-electron chi connectivity index (χ3n) is 4.98. The zero-order valence-corrected chi connectivity index (χ0v) is 15.2. The van der Waals surface area contributed by atoms with Gasteiger partial charge in [0.15, 0.2) is 5.65 Å². The summed E-state index contributed by atoms with van der Waals surface area (Å²) < 4.78 is 1.63. The molecule has 0 unspecified atom stereocenters. The summed E-state index contributed by atoms with van der Waals surface area (Å²) in [6.07, 6.45) is 9.10. The number of hydrogen-bond donors (Lipinski definition) is 3. The Kier molecular flexibility index (Phi) is 4.91. The summed E-state index contributed by atoms with van der Waals surface area (Å²) in [5.41, 5.74) is 8.68. The van der Waals surface area contributed by atoms with Crippen LogP contribution in [0.4, 0.5) is 11.5 Å². The first-order chi connectivity index (χ1) is 13.2. The molecule has 0 bridgehead atoms. The van der Waals surface area contributed by atoms with Crippen molar-refractivity contribution in [2.45, 2.75) is 44.7 Å². The molecule has 0 spiro atoms. The number of carbonyl (C=O) groups is 1. The summed E-state index contributed by atoms with van der Waals surface area (Å²) in [5.74, 6) is 0.592. The van der Waals surface area contributed by atoms with Crippen molar-refractivity contribution in [1.82, 2.24) is 19.9 Å². The minimum Gasteiger partial charge on any atom is -0.399 e. The average molecular weight is 364 g/mol. The molecule has 1 fully saturated rings. The van der Waals surface area contributed by atoms with Crippen molar-refractivity contribution in [3.05, 3.63) is 53.9 Å². The molecule has 27 heavy (non-hydrogen) atoms. The third kappa shape index (κ3) is 4.02. The van der Waals surface area contributed by atoms with Gasteiger partial charge in [0.1, 0.15) is 11.4 Å². The number of benzene rings is 1. The Balaban J connectivity index is 1.49. The number of rotatable bonds is 5. The summed E-state index contributed by atoms with van der Waals surface area (Å²) in [6, 6.07) is 9.81. The number of fused-ring (bicyclic) bond motifs is 1. The molecule has 1 aliphatic rings. The fourth-order valence-electron chi connectivity index (χ4n) is 3.53. The van der Waals surface area contributed by atoms with Gasteiger partial charge in [0.25, 0.3) is 5.91 Å². The van der Waals surface area contributed by atoms with Crippen LogP contribution in [0, 0.1) is 0 Å². The van der Waals surface area contributed by atoms with Gasteiger partial charge in [-0.15, -0.1) is 0 Å². The van der Waals surface area contributed by atoms with Gasteiger partial charge in [-0.3, -0.25) is 4.79 Å². The van der Waals surface area contributed by atoms with Gasteiger partial charge in [0.2, 0.25) is 0 Å². The molecule has 1 saturated carbocycles. The highest BCUT2D eigenvalue weighted by molar-refractivity contribution is 5.99. The molecule has 2 heterocycles. The largest absolute Gasteiger partial charge is 0.399 e. The molecule has 7 heteroatoms. The van der Waals surface area contributed by atoms with Gasteiger partial charge >= 0.3 is 0 Å². The van der Waals surface area contributed by atoms with E-state index in [2.05, 4.69) is 20.7 Å². The molecule has 0 atom stereocenters. The maximum atomic E-state index is 12.7. The zero-order chi connectivity index (χ0) is 18.6. The topological polar surface area (TPSA) is 97.3 Å². The van der Waals surface area contributed by atoms with Gasteiger partial charge in [-0.05, 0) is 36.6 Å². The van der Waals surface area contributed by atoms with Gasteiger partial charge in [0.05, 0.1) is 6.20 Å². The van der Waals surface area contributed by atoms with Gasteiger partial charge in [-0.25, -0.2) is 9.50 Å². The van der Waals surface area contributed by atoms with E-state index in [4.69, 9.17) is 5.73 Å². The second-order valence-corrected chi connectivity index (χ2v) is 7.05. The lowest BCUT2D eigenvalue weighted by atomic mass is 9.95. The number of anilines is 2. The molecule has 1 amide bonds. The summed E-state index contributed by atoms with van der Waals surface area (Å²) >= 11 is 0. The summed E-state index contributed by atoms with van der Waals surface area (Å²) in [5, 5.41) is 10.7. The maximum absolute atomic E-state index is 12.7. The Hall–Kier alpha value is -3.09. The van der Waals surface area contributed by atoms with Crippen LogP contribution in [0.5, 0.6) is 0 Å². The predicted octanol–water partition coefficient (Wildman–Crippen LogP) is 2.99. The molecule has 140 valence electrons. The first-order valence-electron chi connectivity index (χ1n) is 9.42. The van der Waals surface area contributed by atoms with E-state index in [1.807, 2.05) is 30.3 Å². The van der Waals surface area contributed by atoms with Crippen LogP contribution in [0.15, 0.2) is 42.7 Å². The first-order valence-corrected chi connectivity index (χ1v) is 9.42. The number of aromatic nitrogens is 3. The highest BCUT2D eigenvalue weighted by atomic mass is 16.1. The van der Waals surface area contributed by atoms with Crippen LogP contribution in [0.1, 0.15) is 48.0 Å². The quantitative estimate of drug-likeness (QED) is 0.605. The van der Waals surface area contributed by atoms with E-state index in [0.717, 1.165) is 24.1 Å². The second kappa shape index (κ2) is 7.65. The lowest BCUT2D eigenvalue weighted by molar-refractivity contribution is 0.0929. The van der Waals surface area contributed by atoms with Crippen LogP contribution in [-0.4, -0.2) is 26.5 Å². The number of nitrogens with one attached hydrogen (secondary N) is 2. The number of nitrogens with zero attached hydrogens (tertiary/aromatic N) is 3. The predicted molar refractivity (Wildman–Crippen MR) is 106 cm³/mol. The lowest BCUT2D eigenvalue weighted by Crippen LogP contribution is -2.36. The summed E-state index contributed by atoms with van der Waals surface area (Å²) in [4.78, 5) is 17.3. The molecule has 2 aromatic heterocycles. The first kappa shape index (κ1) is 17.3. The van der Waals surface area contributed by atoms with Crippen LogP contribution in [-0.2, 0) is 6.54 Å². The van der Waals surface area contributed by atoms with Crippen molar-refractivity contribution in [2.75, 3.05) is 11.1 Å². The van der Waals surface area contributed by atoms with Crippen LogP contribution in [0.25, 0.3) is 5.65 Å². The molecule has 1 aromatic carbocycles. The third-order valence-corrected chi connectivity index (χ3v) is 4.98. The van der Waals surface area contributed by atoms with Crippen LogP contribution < -0.4 is 16.4 Å². The van der Waals surface area contributed by atoms with Crippen molar-refractivity contribution < 1.29 is 4.79 Å².